The Morgan fingerprint density at radius 1 is 1.22 bits per heavy atom. The van der Waals surface area contributed by atoms with E-state index in [0.717, 1.165) is 6.04 Å². The molecule has 0 amide bonds. The number of hydrogen-bond acceptors (Lipinski definition) is 1. The molecule has 0 unspecified atom stereocenters. The van der Waals surface area contributed by atoms with Gasteiger partial charge in [0.15, 0.2) is 0 Å². The quantitative estimate of drug-likeness (QED) is 0.576. The molecule has 0 aliphatic heterocycles. The molecular weight excluding hydrogens is 110 g/mol. The highest BCUT2D eigenvalue weighted by Crippen LogP contribution is 1.92. The van der Waals surface area contributed by atoms with Gasteiger partial charge in [-0.2, -0.15) is 0 Å². The van der Waals surface area contributed by atoms with Gasteiger partial charge in [0.1, 0.15) is 0 Å². The highest BCUT2D eigenvalue weighted by atomic mass is 14.9. The highest BCUT2D eigenvalue weighted by molar-refractivity contribution is 4.56. The Hall–Kier alpha value is -0.300. The minimum absolute atomic E-state index is 0.736. The van der Waals surface area contributed by atoms with Crippen LogP contribution in [0, 0.1) is 0 Å². The molecule has 1 heteroatoms. The van der Waals surface area contributed by atoms with Gasteiger partial charge < -0.3 is 5.32 Å². The van der Waals surface area contributed by atoms with Gasteiger partial charge in [-0.15, -0.1) is 13.2 Å². The van der Waals surface area contributed by atoms with Gasteiger partial charge in [0, 0.05) is 6.04 Å². The molecule has 0 saturated heterocycles. The molecule has 1 N–H and O–H groups in total. The molecule has 9 heavy (non-hydrogen) atoms. The Labute approximate surface area is 59.2 Å². The van der Waals surface area contributed by atoms with Gasteiger partial charge in [0.25, 0.3) is 0 Å². The number of rotatable bonds is 3. The van der Waals surface area contributed by atoms with Crippen LogP contribution >= 0.6 is 0 Å². The second-order valence-electron chi connectivity index (χ2n) is 1.80. The Balaban J connectivity index is 0. The zero-order valence-electron chi connectivity index (χ0n) is 6.91. The second-order valence-corrected chi connectivity index (χ2v) is 1.80. The zero-order valence-corrected chi connectivity index (χ0v) is 6.91. The van der Waals surface area contributed by atoms with E-state index in [1.165, 1.54) is 12.8 Å². The lowest BCUT2D eigenvalue weighted by molar-refractivity contribution is 0.531. The lowest BCUT2D eigenvalue weighted by Gasteiger charge is -2.08. The van der Waals surface area contributed by atoms with Crippen LogP contribution in [0.3, 0.4) is 0 Å². The molecule has 1 nitrogen and oxygen atoms in total. The van der Waals surface area contributed by atoms with Gasteiger partial charge >= 0.3 is 0 Å². The molecule has 0 aliphatic carbocycles. The molecule has 0 radical (unpaired) electrons. The minimum atomic E-state index is 0.736. The van der Waals surface area contributed by atoms with Crippen molar-refractivity contribution in [3.63, 3.8) is 0 Å². The molecule has 0 spiro atoms. The highest BCUT2D eigenvalue weighted by Gasteiger charge is 1.94. The standard InChI is InChI=1S/C6H15N.C2H4/c1-4-6(5-2)7-3;1-2/h6-7H,4-5H2,1-3H3;1-2H2. The van der Waals surface area contributed by atoms with Gasteiger partial charge in [-0.25, -0.2) is 0 Å². The third-order valence-electron chi connectivity index (χ3n) is 1.39. The maximum Gasteiger partial charge on any atom is 0.00588 e. The Morgan fingerprint density at radius 2 is 1.56 bits per heavy atom. The fraction of sp³-hybridized carbons (Fsp3) is 0.750. The van der Waals surface area contributed by atoms with Crippen LogP contribution in [0.4, 0.5) is 0 Å². The Bertz CT molecular complexity index is 34.3. The summed E-state index contributed by atoms with van der Waals surface area (Å²) in [4.78, 5) is 0. The lowest BCUT2D eigenvalue weighted by atomic mass is 10.2. The number of hydrogen-bond donors (Lipinski definition) is 1. The van der Waals surface area contributed by atoms with E-state index in [-0.39, 0.29) is 0 Å². The summed E-state index contributed by atoms with van der Waals surface area (Å²) in [5, 5.41) is 3.20. The fourth-order valence-electron chi connectivity index (χ4n) is 0.697. The van der Waals surface area contributed by atoms with Crippen molar-refractivity contribution >= 4 is 0 Å². The Morgan fingerprint density at radius 3 is 1.56 bits per heavy atom. The fourth-order valence-corrected chi connectivity index (χ4v) is 0.697. The van der Waals surface area contributed by atoms with Crippen LogP contribution in [-0.2, 0) is 0 Å². The van der Waals surface area contributed by atoms with Crippen LogP contribution in [-0.4, -0.2) is 13.1 Å². The number of nitrogens with one attached hydrogen (secondary N) is 1. The van der Waals surface area contributed by atoms with Crippen molar-refractivity contribution in [1.82, 2.24) is 5.32 Å². The monoisotopic (exact) mass is 129 g/mol. The molecule has 0 bridgehead atoms. The zero-order chi connectivity index (χ0) is 7.70. The van der Waals surface area contributed by atoms with Gasteiger partial charge in [-0.05, 0) is 19.9 Å². The molecule has 0 fully saturated rings. The molecule has 0 aliphatic rings. The molecule has 0 atom stereocenters. The van der Waals surface area contributed by atoms with E-state index in [4.69, 9.17) is 0 Å². The molecule has 0 heterocycles. The second kappa shape index (κ2) is 10.6. The molecule has 0 aromatic heterocycles. The largest absolute Gasteiger partial charge is 0.317 e. The predicted octanol–water partition coefficient (Wildman–Crippen LogP) is 2.20. The smallest absolute Gasteiger partial charge is 0.00588 e. The molecule has 0 saturated carbocycles. The molecule has 0 rings (SSSR count). The van der Waals surface area contributed by atoms with E-state index >= 15 is 0 Å². The third kappa shape index (κ3) is 7.70. The van der Waals surface area contributed by atoms with E-state index < -0.39 is 0 Å². The summed E-state index contributed by atoms with van der Waals surface area (Å²) < 4.78 is 0. The summed E-state index contributed by atoms with van der Waals surface area (Å²) in [5.74, 6) is 0. The summed E-state index contributed by atoms with van der Waals surface area (Å²) in [6.45, 7) is 10.4. The van der Waals surface area contributed by atoms with Gasteiger partial charge in [0.05, 0.1) is 0 Å². The van der Waals surface area contributed by atoms with Crippen molar-refractivity contribution < 1.29 is 0 Å². The van der Waals surface area contributed by atoms with E-state index in [2.05, 4.69) is 32.3 Å². The maximum atomic E-state index is 3.20. The normalized spacial score (nSPS) is 8.44. The molecular formula is C8H19N. The summed E-state index contributed by atoms with van der Waals surface area (Å²) in [7, 11) is 2.01. The Kier molecular flexibility index (Phi) is 13.6. The van der Waals surface area contributed by atoms with Crippen LogP contribution in [0.2, 0.25) is 0 Å². The van der Waals surface area contributed by atoms with Crippen LogP contribution in [0.15, 0.2) is 13.2 Å². The van der Waals surface area contributed by atoms with E-state index in [1.807, 2.05) is 7.05 Å². The SMILES string of the molecule is C=C.CCC(CC)NC. The lowest BCUT2D eigenvalue weighted by Crippen LogP contribution is -2.22. The topological polar surface area (TPSA) is 12.0 Å². The van der Waals surface area contributed by atoms with Crippen LogP contribution in [0.1, 0.15) is 26.7 Å². The van der Waals surface area contributed by atoms with Crippen LogP contribution in [0.5, 0.6) is 0 Å². The first-order chi connectivity index (χ1) is 4.35. The van der Waals surface area contributed by atoms with Crippen LogP contribution in [0.25, 0.3) is 0 Å². The summed E-state index contributed by atoms with van der Waals surface area (Å²) in [6, 6.07) is 0.736. The van der Waals surface area contributed by atoms with E-state index in [9.17, 15) is 0 Å². The van der Waals surface area contributed by atoms with Crippen molar-refractivity contribution in [3.05, 3.63) is 13.2 Å². The van der Waals surface area contributed by atoms with Crippen molar-refractivity contribution in [2.75, 3.05) is 7.05 Å². The average molecular weight is 129 g/mol. The molecule has 0 aromatic rings. The average Bonchev–Trinajstić information content (AvgIpc) is 1.96. The predicted molar refractivity (Wildman–Crippen MR) is 44.7 cm³/mol. The summed E-state index contributed by atoms with van der Waals surface area (Å²) in [5.41, 5.74) is 0. The van der Waals surface area contributed by atoms with Crippen LogP contribution < -0.4 is 5.32 Å². The van der Waals surface area contributed by atoms with Gasteiger partial charge in [-0.3, -0.25) is 0 Å². The van der Waals surface area contributed by atoms with Crippen molar-refractivity contribution in [2.24, 2.45) is 0 Å². The van der Waals surface area contributed by atoms with E-state index in [0.29, 0.717) is 0 Å². The van der Waals surface area contributed by atoms with Crippen molar-refractivity contribution in [3.8, 4) is 0 Å². The first kappa shape index (κ1) is 11.5. The van der Waals surface area contributed by atoms with Crippen molar-refractivity contribution in [2.45, 2.75) is 32.7 Å². The summed E-state index contributed by atoms with van der Waals surface area (Å²) in [6.07, 6.45) is 2.49. The van der Waals surface area contributed by atoms with E-state index in [1.54, 1.807) is 0 Å². The van der Waals surface area contributed by atoms with Gasteiger partial charge in [-0.1, -0.05) is 13.8 Å². The first-order valence-corrected chi connectivity index (χ1v) is 3.52. The molecule has 56 valence electrons. The third-order valence-corrected chi connectivity index (χ3v) is 1.39. The van der Waals surface area contributed by atoms with Crippen molar-refractivity contribution in [1.29, 1.82) is 0 Å². The first-order valence-electron chi connectivity index (χ1n) is 3.52. The summed E-state index contributed by atoms with van der Waals surface area (Å²) >= 11 is 0. The minimum Gasteiger partial charge on any atom is -0.317 e. The maximum absolute atomic E-state index is 3.20. The van der Waals surface area contributed by atoms with Gasteiger partial charge in [0.2, 0.25) is 0 Å². The molecule has 0 aromatic carbocycles.